The predicted octanol–water partition coefficient (Wildman–Crippen LogP) is 6.15. The van der Waals surface area contributed by atoms with Crippen molar-refractivity contribution < 1.29 is 18.9 Å². The van der Waals surface area contributed by atoms with Gasteiger partial charge in [0, 0.05) is 93.1 Å². The Morgan fingerprint density at radius 3 is 2.41 bits per heavy atom. The van der Waals surface area contributed by atoms with Gasteiger partial charge < -0.3 is 24.6 Å². The van der Waals surface area contributed by atoms with Crippen molar-refractivity contribution >= 4 is 56.6 Å². The third kappa shape index (κ3) is 8.70. The molecule has 9 rings (SSSR count). The molecule has 3 N–H and O–H groups in total. The van der Waals surface area contributed by atoms with E-state index in [1.807, 2.05) is 58.2 Å². The zero-order chi connectivity index (χ0) is 42.3. The van der Waals surface area contributed by atoms with Crippen LogP contribution in [0.2, 0.25) is 0 Å². The van der Waals surface area contributed by atoms with Crippen LogP contribution in [0.1, 0.15) is 67.7 Å². The fraction of sp³-hybridized carbons (Fsp3) is 0.409. The van der Waals surface area contributed by atoms with E-state index in [2.05, 4.69) is 74.7 Å². The van der Waals surface area contributed by atoms with Gasteiger partial charge in [0.15, 0.2) is 5.82 Å². The smallest absolute Gasteiger partial charge is 0.328 e. The topological polar surface area (TPSA) is 182 Å². The van der Waals surface area contributed by atoms with E-state index >= 15 is 0 Å². The van der Waals surface area contributed by atoms with Gasteiger partial charge in [-0.25, -0.2) is 19.7 Å². The van der Waals surface area contributed by atoms with E-state index in [9.17, 15) is 14.4 Å². The molecule has 16 nitrogen and oxygen atoms in total. The predicted molar refractivity (Wildman–Crippen MR) is 235 cm³/mol. The summed E-state index contributed by atoms with van der Waals surface area (Å²) >= 11 is 1.69. The maximum Gasteiger partial charge on any atom is 0.328 e. The largest absolute Gasteiger partial charge is 0.372 e. The number of thiazole rings is 1. The lowest BCUT2D eigenvalue weighted by Crippen LogP contribution is -2.49. The first kappa shape index (κ1) is 40.2. The van der Waals surface area contributed by atoms with Gasteiger partial charge in [0.2, 0.25) is 5.91 Å². The van der Waals surface area contributed by atoms with Gasteiger partial charge in [0.25, 0.3) is 0 Å². The number of urea groups is 1. The molecule has 2 aromatic carbocycles. The monoisotopic (exact) mass is 842 g/mol. The number of carbonyl (C=O) groups excluding carboxylic acids is 3. The van der Waals surface area contributed by atoms with Gasteiger partial charge in [0.05, 0.1) is 17.6 Å². The third-order valence-electron chi connectivity index (χ3n) is 11.9. The lowest BCUT2D eigenvalue weighted by molar-refractivity contribution is -0.120. The van der Waals surface area contributed by atoms with Crippen molar-refractivity contribution in [3.63, 3.8) is 0 Å². The van der Waals surface area contributed by atoms with Crippen LogP contribution < -0.4 is 25.3 Å². The highest BCUT2D eigenvalue weighted by atomic mass is 32.1. The van der Waals surface area contributed by atoms with Crippen molar-refractivity contribution in [1.82, 2.24) is 45.6 Å². The van der Waals surface area contributed by atoms with E-state index in [0.717, 1.165) is 108 Å². The van der Waals surface area contributed by atoms with Crippen LogP contribution in [0.5, 0.6) is 0 Å². The number of nitrogens with one attached hydrogen (secondary N) is 3. The zero-order valence-electron chi connectivity index (χ0n) is 34.9. The molecule has 0 bridgehead atoms. The molecule has 3 aliphatic heterocycles. The molecule has 316 valence electrons. The second kappa shape index (κ2) is 16.7. The van der Waals surface area contributed by atoms with Crippen molar-refractivity contribution in [2.24, 2.45) is 5.92 Å². The van der Waals surface area contributed by atoms with Gasteiger partial charge in [0.1, 0.15) is 22.0 Å². The molecule has 17 heteroatoms. The standard InChI is InChI=1S/C44H50N12O4S/c1-27-21-29(5-6-30(27)23-45-39(58)40-51-42(52-60-40)44(2,3)4)37-33-22-34(49-38(33)48-26-47-37)41-46-24-36(61-41)55-19-17-53(18-20-55)25-28-11-14-54(15-12-28)31-7-9-32(10-8-31)56-16-13-35(57)50-43(56)59/h5-10,21-22,24,26,28H,11-20,23,25H2,1-4H3,(H,45,58)(H,47,48,49)(H,50,57,59). The van der Waals surface area contributed by atoms with Crippen LogP contribution in [0.3, 0.4) is 0 Å². The van der Waals surface area contributed by atoms with E-state index in [1.54, 1.807) is 22.6 Å². The number of rotatable bonds is 10. The summed E-state index contributed by atoms with van der Waals surface area (Å²) in [6.45, 7) is 15.8. The van der Waals surface area contributed by atoms with Crippen molar-refractivity contribution in [2.75, 3.05) is 67.1 Å². The molecule has 3 saturated heterocycles. The number of fused-ring (bicyclic) bond motifs is 1. The van der Waals surface area contributed by atoms with E-state index < -0.39 is 5.91 Å². The number of aromatic nitrogens is 6. The van der Waals surface area contributed by atoms with Crippen LogP contribution in [0.15, 0.2) is 65.6 Å². The van der Waals surface area contributed by atoms with E-state index in [1.165, 1.54) is 10.7 Å². The fourth-order valence-electron chi connectivity index (χ4n) is 8.28. The molecule has 0 radical (unpaired) electrons. The van der Waals surface area contributed by atoms with Crippen molar-refractivity contribution in [3.05, 3.63) is 83.9 Å². The van der Waals surface area contributed by atoms with Crippen LogP contribution in [-0.4, -0.2) is 105 Å². The van der Waals surface area contributed by atoms with Gasteiger partial charge in [-0.3, -0.25) is 24.7 Å². The van der Waals surface area contributed by atoms with Crippen LogP contribution in [0.25, 0.3) is 33.0 Å². The van der Waals surface area contributed by atoms with Crippen LogP contribution in [0, 0.1) is 12.8 Å². The maximum atomic E-state index is 12.7. The molecule has 6 aromatic rings. The molecule has 7 heterocycles. The number of piperidine rings is 1. The zero-order valence-corrected chi connectivity index (χ0v) is 35.7. The number of H-pyrrole nitrogens is 1. The lowest BCUT2D eigenvalue weighted by Gasteiger charge is -2.39. The first-order valence-corrected chi connectivity index (χ1v) is 21.7. The van der Waals surface area contributed by atoms with Crippen molar-refractivity contribution in [3.8, 4) is 22.0 Å². The average Bonchev–Trinajstić information content (AvgIpc) is 4.05. The Morgan fingerprint density at radius 2 is 1.69 bits per heavy atom. The van der Waals surface area contributed by atoms with E-state index in [4.69, 9.17) is 9.51 Å². The summed E-state index contributed by atoms with van der Waals surface area (Å²) < 4.78 is 5.20. The minimum atomic E-state index is -0.408. The molecule has 4 amide bonds. The van der Waals surface area contributed by atoms with Gasteiger partial charge in [-0.2, -0.15) is 4.98 Å². The molecule has 0 saturated carbocycles. The highest BCUT2D eigenvalue weighted by Crippen LogP contribution is 2.36. The first-order chi connectivity index (χ1) is 29.4. The van der Waals surface area contributed by atoms with Crippen LogP contribution in [0.4, 0.5) is 21.2 Å². The molecule has 61 heavy (non-hydrogen) atoms. The normalized spacial score (nSPS) is 17.0. The molecule has 0 aliphatic carbocycles. The maximum absolute atomic E-state index is 12.7. The van der Waals surface area contributed by atoms with Crippen molar-refractivity contribution in [1.29, 1.82) is 0 Å². The number of imide groups is 1. The van der Waals surface area contributed by atoms with Gasteiger partial charge >= 0.3 is 17.8 Å². The summed E-state index contributed by atoms with van der Waals surface area (Å²) in [4.78, 5) is 67.4. The Labute approximate surface area is 357 Å². The van der Waals surface area contributed by atoms with Crippen LogP contribution >= 0.6 is 11.3 Å². The second-order valence-corrected chi connectivity index (χ2v) is 18.2. The number of hydrogen-bond donors (Lipinski definition) is 3. The van der Waals surface area contributed by atoms with Crippen molar-refractivity contribution in [2.45, 2.75) is 58.9 Å². The molecular formula is C44H50N12O4S. The Hall–Kier alpha value is -6.20. The van der Waals surface area contributed by atoms with Gasteiger partial charge in [-0.05, 0) is 73.2 Å². The summed E-state index contributed by atoms with van der Waals surface area (Å²) in [6, 6.07) is 16.0. The number of nitrogens with zero attached hydrogens (tertiary/aromatic N) is 9. The number of aromatic amines is 1. The van der Waals surface area contributed by atoms with Crippen LogP contribution in [-0.2, 0) is 16.8 Å². The Morgan fingerprint density at radius 1 is 0.918 bits per heavy atom. The molecular weight excluding hydrogens is 793 g/mol. The minimum absolute atomic E-state index is 0.0459. The molecule has 0 spiro atoms. The summed E-state index contributed by atoms with van der Waals surface area (Å²) in [7, 11) is 0. The summed E-state index contributed by atoms with van der Waals surface area (Å²) in [5.41, 5.74) is 7.10. The number of anilines is 3. The van der Waals surface area contributed by atoms with E-state index in [-0.39, 0.29) is 23.2 Å². The first-order valence-electron chi connectivity index (χ1n) is 20.9. The Kier molecular flexibility index (Phi) is 11.0. The minimum Gasteiger partial charge on any atom is -0.372 e. The number of carbonyl (C=O) groups is 3. The number of aryl methyl sites for hydroxylation is 1. The number of hydrogen-bond acceptors (Lipinski definition) is 13. The number of benzene rings is 2. The quantitative estimate of drug-likeness (QED) is 0.143. The SMILES string of the molecule is Cc1cc(-c2ncnc3[nH]c(-c4ncc(N5CCN(CC6CCN(c7ccc(N8CCC(=O)NC8=O)cc7)CC6)CC5)s4)cc23)ccc1CNC(=O)c1nc(C(C)(C)C)no1. The summed E-state index contributed by atoms with van der Waals surface area (Å²) in [6.07, 6.45) is 6.20. The average molecular weight is 843 g/mol. The van der Waals surface area contributed by atoms with Gasteiger partial charge in [-0.15, -0.1) is 0 Å². The lowest BCUT2D eigenvalue weighted by atomic mass is 9.95. The third-order valence-corrected chi connectivity index (χ3v) is 13.0. The highest BCUT2D eigenvalue weighted by molar-refractivity contribution is 7.18. The van der Waals surface area contributed by atoms with E-state index in [0.29, 0.717) is 31.3 Å². The highest BCUT2D eigenvalue weighted by Gasteiger charge is 2.28. The summed E-state index contributed by atoms with van der Waals surface area (Å²) in [5.74, 6) is 0.483. The van der Waals surface area contributed by atoms with Gasteiger partial charge in [-0.1, -0.05) is 49.4 Å². The summed E-state index contributed by atoms with van der Waals surface area (Å²) in [5, 5.41) is 12.2. The number of amides is 4. The molecule has 3 fully saturated rings. The molecule has 0 unspecified atom stereocenters. The molecule has 4 aromatic heterocycles. The Bertz CT molecular complexity index is 2560. The number of piperazine rings is 1. The second-order valence-electron chi connectivity index (χ2n) is 17.2. The fourth-order valence-corrected chi connectivity index (χ4v) is 9.22. The Balaban J connectivity index is 0.766. The molecule has 3 aliphatic rings. The molecule has 0 atom stereocenters.